The molecule has 0 radical (unpaired) electrons. The monoisotopic (exact) mass is 446 g/mol. The van der Waals surface area contributed by atoms with Gasteiger partial charge in [-0.15, -0.1) is 24.0 Å². The van der Waals surface area contributed by atoms with Crippen molar-refractivity contribution in [3.05, 3.63) is 24.2 Å². The number of carbonyl (C=O) groups is 1. The maximum atomic E-state index is 12.3. The van der Waals surface area contributed by atoms with Crippen molar-refractivity contribution < 1.29 is 9.21 Å². The minimum atomic E-state index is -0.0252. The van der Waals surface area contributed by atoms with Crippen molar-refractivity contribution in [2.24, 2.45) is 10.9 Å². The van der Waals surface area contributed by atoms with Gasteiger partial charge in [0.05, 0.1) is 6.26 Å². The lowest BCUT2D eigenvalue weighted by Crippen LogP contribution is -2.54. The van der Waals surface area contributed by atoms with E-state index in [1.54, 1.807) is 12.1 Å². The molecule has 1 aliphatic carbocycles. The first-order chi connectivity index (χ1) is 11.2. The van der Waals surface area contributed by atoms with Gasteiger partial charge < -0.3 is 19.5 Å². The molecule has 2 unspecified atom stereocenters. The number of carbonyl (C=O) groups excluding carboxylic acids is 1. The molecule has 2 aliphatic rings. The minimum absolute atomic E-state index is 0. The molecule has 7 heteroatoms. The number of piperazine rings is 1. The third-order valence-corrected chi connectivity index (χ3v) is 4.71. The second-order valence-corrected chi connectivity index (χ2v) is 6.34. The van der Waals surface area contributed by atoms with E-state index in [2.05, 4.69) is 22.1 Å². The average molecular weight is 446 g/mol. The fraction of sp³-hybridized carbons (Fsp3) is 0.647. The Labute approximate surface area is 160 Å². The van der Waals surface area contributed by atoms with Gasteiger partial charge in [-0.05, 0) is 30.9 Å². The van der Waals surface area contributed by atoms with Gasteiger partial charge in [-0.25, -0.2) is 0 Å². The highest BCUT2D eigenvalue weighted by Gasteiger charge is 2.37. The van der Waals surface area contributed by atoms with Crippen LogP contribution in [0, 0.1) is 5.92 Å². The highest BCUT2D eigenvalue weighted by molar-refractivity contribution is 14.0. The van der Waals surface area contributed by atoms with Gasteiger partial charge in [0.1, 0.15) is 0 Å². The van der Waals surface area contributed by atoms with Crippen LogP contribution < -0.4 is 5.32 Å². The number of hydrogen-bond donors (Lipinski definition) is 1. The number of furan rings is 1. The molecule has 2 fully saturated rings. The number of rotatable bonds is 4. The molecule has 2 heterocycles. The molecular formula is C17H27IN4O2. The lowest BCUT2D eigenvalue weighted by molar-refractivity contribution is 0.0657. The lowest BCUT2D eigenvalue weighted by atomic mass is 10.2. The zero-order valence-electron chi connectivity index (χ0n) is 14.4. The van der Waals surface area contributed by atoms with Crippen LogP contribution in [-0.2, 0) is 0 Å². The summed E-state index contributed by atoms with van der Waals surface area (Å²) in [5.41, 5.74) is 0. The van der Waals surface area contributed by atoms with Gasteiger partial charge in [0.15, 0.2) is 11.7 Å². The molecule has 3 rings (SSSR count). The first-order valence-electron chi connectivity index (χ1n) is 8.54. The molecule has 1 saturated carbocycles. The van der Waals surface area contributed by atoms with E-state index in [0.717, 1.165) is 25.0 Å². The van der Waals surface area contributed by atoms with E-state index < -0.39 is 0 Å². The topological polar surface area (TPSA) is 61.1 Å². The predicted octanol–water partition coefficient (Wildman–Crippen LogP) is 2.42. The highest BCUT2D eigenvalue weighted by Crippen LogP contribution is 2.34. The van der Waals surface area contributed by atoms with E-state index in [4.69, 9.17) is 4.42 Å². The maximum Gasteiger partial charge on any atom is 0.289 e. The van der Waals surface area contributed by atoms with Gasteiger partial charge in [0.2, 0.25) is 0 Å². The van der Waals surface area contributed by atoms with Gasteiger partial charge in [-0.1, -0.05) is 13.3 Å². The normalized spacial score (nSPS) is 23.7. The van der Waals surface area contributed by atoms with Crippen LogP contribution in [0.3, 0.4) is 0 Å². The Morgan fingerprint density at radius 1 is 1.33 bits per heavy atom. The SMILES string of the molecule is CCCC1CC1NC(=NC)N1CCN(C(=O)c2ccco2)CC1.I. The molecule has 2 atom stereocenters. The zero-order chi connectivity index (χ0) is 16.2. The number of halogens is 1. The largest absolute Gasteiger partial charge is 0.459 e. The van der Waals surface area contributed by atoms with Gasteiger partial charge in [-0.2, -0.15) is 0 Å². The van der Waals surface area contributed by atoms with Crippen LogP contribution in [0.15, 0.2) is 27.8 Å². The quantitative estimate of drug-likeness (QED) is 0.439. The van der Waals surface area contributed by atoms with Crippen molar-refractivity contribution in [2.75, 3.05) is 33.2 Å². The van der Waals surface area contributed by atoms with E-state index in [0.29, 0.717) is 24.9 Å². The summed E-state index contributed by atoms with van der Waals surface area (Å²) in [5.74, 6) is 2.17. The summed E-state index contributed by atoms with van der Waals surface area (Å²) in [6.45, 7) is 5.24. The Hall–Kier alpha value is -1.25. The molecule has 134 valence electrons. The van der Waals surface area contributed by atoms with E-state index in [1.165, 1.54) is 25.5 Å². The molecule has 1 amide bonds. The Kier molecular flexibility index (Phi) is 6.94. The third-order valence-electron chi connectivity index (χ3n) is 4.71. The van der Waals surface area contributed by atoms with Crippen LogP contribution in [0.4, 0.5) is 0 Å². The van der Waals surface area contributed by atoms with Gasteiger partial charge >= 0.3 is 0 Å². The molecule has 1 saturated heterocycles. The Morgan fingerprint density at radius 3 is 2.62 bits per heavy atom. The van der Waals surface area contributed by atoms with Crippen molar-refractivity contribution >= 4 is 35.8 Å². The maximum absolute atomic E-state index is 12.3. The molecule has 6 nitrogen and oxygen atoms in total. The molecule has 1 aromatic rings. The van der Waals surface area contributed by atoms with E-state index >= 15 is 0 Å². The summed E-state index contributed by atoms with van der Waals surface area (Å²) in [4.78, 5) is 20.8. The van der Waals surface area contributed by atoms with Crippen molar-refractivity contribution in [2.45, 2.75) is 32.2 Å². The van der Waals surface area contributed by atoms with E-state index in [9.17, 15) is 4.79 Å². The Bertz CT molecular complexity index is 553. The summed E-state index contributed by atoms with van der Waals surface area (Å²) in [6.07, 6.45) is 5.33. The van der Waals surface area contributed by atoms with Crippen LogP contribution in [-0.4, -0.2) is 60.9 Å². The van der Waals surface area contributed by atoms with Crippen molar-refractivity contribution in [1.29, 1.82) is 0 Å². The number of nitrogens with zero attached hydrogens (tertiary/aromatic N) is 3. The number of hydrogen-bond acceptors (Lipinski definition) is 3. The molecule has 0 bridgehead atoms. The predicted molar refractivity (Wildman–Crippen MR) is 105 cm³/mol. The summed E-state index contributed by atoms with van der Waals surface area (Å²) in [5, 5.41) is 3.57. The second-order valence-electron chi connectivity index (χ2n) is 6.34. The van der Waals surface area contributed by atoms with Gasteiger partial charge in [0.25, 0.3) is 5.91 Å². The van der Waals surface area contributed by atoms with Crippen LogP contribution in [0.1, 0.15) is 36.7 Å². The van der Waals surface area contributed by atoms with E-state index in [-0.39, 0.29) is 29.9 Å². The third kappa shape index (κ3) is 4.43. The lowest BCUT2D eigenvalue weighted by Gasteiger charge is -2.36. The van der Waals surface area contributed by atoms with Crippen molar-refractivity contribution in [1.82, 2.24) is 15.1 Å². The minimum Gasteiger partial charge on any atom is -0.459 e. The second kappa shape index (κ2) is 8.73. The number of guanidine groups is 1. The molecule has 1 aliphatic heterocycles. The van der Waals surface area contributed by atoms with Crippen LogP contribution in [0.2, 0.25) is 0 Å². The summed E-state index contributed by atoms with van der Waals surface area (Å²) < 4.78 is 5.20. The molecular weight excluding hydrogens is 419 g/mol. The molecule has 1 N–H and O–H groups in total. The molecule has 24 heavy (non-hydrogen) atoms. The summed E-state index contributed by atoms with van der Waals surface area (Å²) in [7, 11) is 1.83. The Morgan fingerprint density at radius 2 is 2.04 bits per heavy atom. The molecule has 0 aromatic carbocycles. The highest BCUT2D eigenvalue weighted by atomic mass is 127. The van der Waals surface area contributed by atoms with Gasteiger partial charge in [0, 0.05) is 39.3 Å². The fourth-order valence-electron chi connectivity index (χ4n) is 3.25. The van der Waals surface area contributed by atoms with Crippen molar-refractivity contribution in [3.8, 4) is 0 Å². The number of aliphatic imine (C=N–C) groups is 1. The first kappa shape index (κ1) is 19.1. The Balaban J connectivity index is 0.00000208. The first-order valence-corrected chi connectivity index (χ1v) is 8.54. The summed E-state index contributed by atoms with van der Waals surface area (Å²) in [6, 6.07) is 4.05. The zero-order valence-corrected chi connectivity index (χ0v) is 16.7. The fourth-order valence-corrected chi connectivity index (χ4v) is 3.25. The van der Waals surface area contributed by atoms with E-state index in [1.807, 2.05) is 11.9 Å². The van der Waals surface area contributed by atoms with Crippen molar-refractivity contribution in [3.63, 3.8) is 0 Å². The number of nitrogens with one attached hydrogen (secondary N) is 1. The molecule has 0 spiro atoms. The summed E-state index contributed by atoms with van der Waals surface area (Å²) >= 11 is 0. The van der Waals surface area contributed by atoms with Crippen LogP contribution >= 0.6 is 24.0 Å². The van der Waals surface area contributed by atoms with Gasteiger partial charge in [-0.3, -0.25) is 9.79 Å². The number of amides is 1. The molecule has 1 aromatic heterocycles. The van der Waals surface area contributed by atoms with Crippen LogP contribution in [0.25, 0.3) is 0 Å². The smallest absolute Gasteiger partial charge is 0.289 e. The van der Waals surface area contributed by atoms with Crippen LogP contribution in [0.5, 0.6) is 0 Å². The standard InChI is InChI=1S/C17H26N4O2.HI/c1-3-5-13-12-14(13)19-17(18-2)21-9-7-20(8-10-21)16(22)15-6-4-11-23-15;/h4,6,11,13-14H,3,5,7-10,12H2,1-2H3,(H,18,19);1H. The average Bonchev–Trinajstić information content (AvgIpc) is 3.09.